The van der Waals surface area contributed by atoms with Gasteiger partial charge in [-0.05, 0) is 36.6 Å². The molecule has 0 bridgehead atoms. The number of urea groups is 1. The highest BCUT2D eigenvalue weighted by atomic mass is 16.2. The van der Waals surface area contributed by atoms with Crippen LogP contribution in [-0.2, 0) is 6.42 Å². The van der Waals surface area contributed by atoms with Gasteiger partial charge in [0.25, 0.3) is 0 Å². The van der Waals surface area contributed by atoms with E-state index in [0.29, 0.717) is 0 Å². The van der Waals surface area contributed by atoms with Crippen molar-refractivity contribution >= 4 is 17.4 Å². The Labute approximate surface area is 119 Å². The molecule has 2 aromatic rings. The normalized spacial score (nSPS) is 9.90. The summed E-state index contributed by atoms with van der Waals surface area (Å²) >= 11 is 0. The van der Waals surface area contributed by atoms with Gasteiger partial charge in [-0.2, -0.15) is 0 Å². The molecule has 3 N–H and O–H groups in total. The topological polar surface area (TPSA) is 53.2 Å². The van der Waals surface area contributed by atoms with Crippen molar-refractivity contribution in [3.05, 3.63) is 59.7 Å². The van der Waals surface area contributed by atoms with E-state index in [2.05, 4.69) is 23.1 Å². The number of amides is 2. The van der Waals surface area contributed by atoms with Crippen molar-refractivity contribution in [1.29, 1.82) is 0 Å². The lowest BCUT2D eigenvalue weighted by atomic mass is 10.1. The summed E-state index contributed by atoms with van der Waals surface area (Å²) < 4.78 is 0. The molecule has 0 heterocycles. The van der Waals surface area contributed by atoms with E-state index >= 15 is 0 Å². The Bertz CT molecular complexity index is 582. The Morgan fingerprint density at radius 3 is 2.50 bits per heavy atom. The van der Waals surface area contributed by atoms with Gasteiger partial charge in [0.2, 0.25) is 0 Å². The highest BCUT2D eigenvalue weighted by Crippen LogP contribution is 2.19. The number of nitrogens with one attached hydrogen (secondary N) is 3. The molecule has 2 rings (SSSR count). The van der Waals surface area contributed by atoms with Crippen molar-refractivity contribution in [3.8, 4) is 0 Å². The van der Waals surface area contributed by atoms with Crippen molar-refractivity contribution < 1.29 is 4.79 Å². The minimum Gasteiger partial charge on any atom is -0.307 e. The van der Waals surface area contributed by atoms with Crippen LogP contribution < -0.4 is 16.2 Å². The molecule has 0 spiro atoms. The molecule has 0 aromatic heterocycles. The number of anilines is 2. The molecule has 0 atom stereocenters. The number of carbonyl (C=O) groups is 1. The second-order valence-corrected chi connectivity index (χ2v) is 4.53. The first-order chi connectivity index (χ1) is 9.70. The standard InChI is InChI=1S/C16H19N3O/c1-3-13-9-7-8-12(2)15(13)18-19-16(20)17-14-10-5-4-6-11-14/h4-11,18H,3H2,1-2H3,(H2,17,19,20). The third-order valence-electron chi connectivity index (χ3n) is 3.07. The van der Waals surface area contributed by atoms with E-state index in [9.17, 15) is 4.79 Å². The van der Waals surface area contributed by atoms with Crippen molar-refractivity contribution in [2.24, 2.45) is 0 Å². The van der Waals surface area contributed by atoms with Crippen LogP contribution in [0.15, 0.2) is 48.5 Å². The van der Waals surface area contributed by atoms with Gasteiger partial charge in [-0.1, -0.05) is 43.3 Å². The molecule has 0 aliphatic rings. The summed E-state index contributed by atoms with van der Waals surface area (Å²) in [5, 5.41) is 2.76. The summed E-state index contributed by atoms with van der Waals surface area (Å²) in [6.45, 7) is 4.10. The van der Waals surface area contributed by atoms with E-state index in [-0.39, 0.29) is 6.03 Å². The summed E-state index contributed by atoms with van der Waals surface area (Å²) in [5.74, 6) is 0. The lowest BCUT2D eigenvalue weighted by molar-refractivity contribution is 0.254. The van der Waals surface area contributed by atoms with Gasteiger partial charge in [-0.15, -0.1) is 0 Å². The maximum absolute atomic E-state index is 11.8. The van der Waals surface area contributed by atoms with Crippen LogP contribution in [0.2, 0.25) is 0 Å². The van der Waals surface area contributed by atoms with Crippen LogP contribution in [0.3, 0.4) is 0 Å². The Hall–Kier alpha value is -2.49. The fourth-order valence-electron chi connectivity index (χ4n) is 2.01. The lowest BCUT2D eigenvalue weighted by Gasteiger charge is -2.15. The molecule has 4 heteroatoms. The molecule has 0 fully saturated rings. The average Bonchev–Trinajstić information content (AvgIpc) is 2.46. The molecule has 2 aromatic carbocycles. The zero-order valence-electron chi connectivity index (χ0n) is 11.7. The number of benzene rings is 2. The second-order valence-electron chi connectivity index (χ2n) is 4.53. The Morgan fingerprint density at radius 2 is 1.80 bits per heavy atom. The monoisotopic (exact) mass is 269 g/mol. The van der Waals surface area contributed by atoms with Gasteiger partial charge in [0.1, 0.15) is 0 Å². The van der Waals surface area contributed by atoms with Crippen LogP contribution in [0.1, 0.15) is 18.1 Å². The largest absolute Gasteiger partial charge is 0.337 e. The van der Waals surface area contributed by atoms with E-state index in [1.165, 1.54) is 5.56 Å². The summed E-state index contributed by atoms with van der Waals surface area (Å²) in [4.78, 5) is 11.8. The van der Waals surface area contributed by atoms with Gasteiger partial charge in [0, 0.05) is 5.69 Å². The maximum atomic E-state index is 11.8. The first-order valence-corrected chi connectivity index (χ1v) is 6.67. The first kappa shape index (κ1) is 13.9. The zero-order chi connectivity index (χ0) is 14.4. The Balaban J connectivity index is 1.97. The van der Waals surface area contributed by atoms with Crippen molar-refractivity contribution in [3.63, 3.8) is 0 Å². The third kappa shape index (κ3) is 3.51. The Morgan fingerprint density at radius 1 is 1.05 bits per heavy atom. The number of aryl methyl sites for hydroxylation is 2. The molecular weight excluding hydrogens is 250 g/mol. The van der Waals surface area contributed by atoms with Crippen LogP contribution in [-0.4, -0.2) is 6.03 Å². The zero-order valence-corrected chi connectivity index (χ0v) is 11.7. The molecule has 4 nitrogen and oxygen atoms in total. The van der Waals surface area contributed by atoms with Crippen LogP contribution in [0.4, 0.5) is 16.2 Å². The van der Waals surface area contributed by atoms with Crippen LogP contribution in [0.5, 0.6) is 0 Å². The molecule has 0 aliphatic heterocycles. The van der Waals surface area contributed by atoms with E-state index < -0.39 is 0 Å². The number of carbonyl (C=O) groups excluding carboxylic acids is 1. The molecule has 0 saturated carbocycles. The van der Waals surface area contributed by atoms with E-state index in [4.69, 9.17) is 0 Å². The molecule has 2 amide bonds. The molecule has 0 saturated heterocycles. The second kappa shape index (κ2) is 6.61. The number of hydrogen-bond acceptors (Lipinski definition) is 2. The minimum atomic E-state index is -0.290. The average molecular weight is 269 g/mol. The predicted molar refractivity (Wildman–Crippen MR) is 82.8 cm³/mol. The van der Waals surface area contributed by atoms with Crippen LogP contribution >= 0.6 is 0 Å². The number of para-hydroxylation sites is 2. The van der Waals surface area contributed by atoms with Gasteiger partial charge < -0.3 is 5.32 Å². The van der Waals surface area contributed by atoms with E-state index in [0.717, 1.165) is 23.4 Å². The van der Waals surface area contributed by atoms with Gasteiger partial charge in [0.15, 0.2) is 0 Å². The van der Waals surface area contributed by atoms with Crippen molar-refractivity contribution in [2.75, 3.05) is 10.7 Å². The number of rotatable bonds is 4. The van der Waals surface area contributed by atoms with E-state index in [1.54, 1.807) is 0 Å². The number of hydrogen-bond donors (Lipinski definition) is 3. The van der Waals surface area contributed by atoms with Gasteiger partial charge in [0.05, 0.1) is 5.69 Å². The predicted octanol–water partition coefficient (Wildman–Crippen LogP) is 3.71. The molecule has 0 radical (unpaired) electrons. The minimum absolute atomic E-state index is 0.290. The molecule has 20 heavy (non-hydrogen) atoms. The third-order valence-corrected chi connectivity index (χ3v) is 3.07. The molecule has 0 unspecified atom stereocenters. The lowest BCUT2D eigenvalue weighted by Crippen LogP contribution is -2.34. The van der Waals surface area contributed by atoms with Gasteiger partial charge in [-0.3, -0.25) is 10.9 Å². The fourth-order valence-corrected chi connectivity index (χ4v) is 2.01. The first-order valence-electron chi connectivity index (χ1n) is 6.67. The summed E-state index contributed by atoms with van der Waals surface area (Å²) in [6.07, 6.45) is 0.909. The highest BCUT2D eigenvalue weighted by molar-refractivity contribution is 5.90. The fraction of sp³-hybridized carbons (Fsp3) is 0.188. The highest BCUT2D eigenvalue weighted by Gasteiger charge is 2.05. The maximum Gasteiger partial charge on any atom is 0.337 e. The SMILES string of the molecule is CCc1cccc(C)c1NNC(=O)Nc1ccccc1. The van der Waals surface area contributed by atoms with Gasteiger partial charge >= 0.3 is 6.03 Å². The summed E-state index contributed by atoms with van der Waals surface area (Å²) in [6, 6.07) is 15.1. The summed E-state index contributed by atoms with van der Waals surface area (Å²) in [7, 11) is 0. The smallest absolute Gasteiger partial charge is 0.307 e. The van der Waals surface area contributed by atoms with Crippen molar-refractivity contribution in [1.82, 2.24) is 5.43 Å². The van der Waals surface area contributed by atoms with E-state index in [1.807, 2.05) is 55.5 Å². The quantitative estimate of drug-likeness (QED) is 0.741. The van der Waals surface area contributed by atoms with Crippen molar-refractivity contribution in [2.45, 2.75) is 20.3 Å². The van der Waals surface area contributed by atoms with Crippen LogP contribution in [0, 0.1) is 6.92 Å². The molecular formula is C16H19N3O. The number of hydrazine groups is 1. The van der Waals surface area contributed by atoms with Crippen LogP contribution in [0.25, 0.3) is 0 Å². The Kier molecular flexibility index (Phi) is 4.60. The molecule has 0 aliphatic carbocycles. The van der Waals surface area contributed by atoms with Gasteiger partial charge in [-0.25, -0.2) is 4.79 Å². The molecule has 104 valence electrons. The summed E-state index contributed by atoms with van der Waals surface area (Å²) in [5.41, 5.74) is 9.64.